The van der Waals surface area contributed by atoms with E-state index in [1.807, 2.05) is 0 Å². The number of benzene rings is 8. The van der Waals surface area contributed by atoms with Gasteiger partial charge in [0.1, 0.15) is 0 Å². The second-order valence-electron chi connectivity index (χ2n) is 11.7. The van der Waals surface area contributed by atoms with Gasteiger partial charge >= 0.3 is 0 Å². The minimum atomic E-state index is 1.11. The third-order valence-electron chi connectivity index (χ3n) is 9.29. The van der Waals surface area contributed by atoms with Crippen molar-refractivity contribution in [2.24, 2.45) is 0 Å². The van der Waals surface area contributed by atoms with Crippen molar-refractivity contribution in [3.8, 4) is 66.8 Å². The predicted molar refractivity (Wildman–Crippen MR) is 195 cm³/mol. The van der Waals surface area contributed by atoms with Gasteiger partial charge in [-0.15, -0.1) is 0 Å². The van der Waals surface area contributed by atoms with Gasteiger partial charge in [-0.05, 0) is 100 Å². The normalized spacial score (nSPS) is 11.7. The summed E-state index contributed by atoms with van der Waals surface area (Å²) in [4.78, 5) is 0. The molecular formula is C44H27Br. The van der Waals surface area contributed by atoms with E-state index in [9.17, 15) is 0 Å². The molecule has 0 aliphatic heterocycles. The van der Waals surface area contributed by atoms with Crippen molar-refractivity contribution in [3.63, 3.8) is 0 Å². The van der Waals surface area contributed by atoms with Crippen LogP contribution in [-0.2, 0) is 0 Å². The van der Waals surface area contributed by atoms with E-state index < -0.39 is 0 Å². The van der Waals surface area contributed by atoms with Crippen LogP contribution in [0.4, 0.5) is 0 Å². The molecule has 0 unspecified atom stereocenters. The zero-order chi connectivity index (χ0) is 29.9. The fourth-order valence-corrected chi connectivity index (χ4v) is 7.81. The van der Waals surface area contributed by atoms with E-state index >= 15 is 0 Å². The van der Waals surface area contributed by atoms with Gasteiger partial charge in [0.25, 0.3) is 0 Å². The van der Waals surface area contributed by atoms with Crippen LogP contribution in [0, 0.1) is 0 Å². The fourth-order valence-electron chi connectivity index (χ4n) is 7.36. The molecule has 1 aliphatic carbocycles. The zero-order valence-electron chi connectivity index (χ0n) is 24.5. The van der Waals surface area contributed by atoms with Crippen molar-refractivity contribution in [1.82, 2.24) is 0 Å². The molecule has 0 radical (unpaired) electrons. The molecule has 0 saturated carbocycles. The molecule has 0 spiro atoms. The number of rotatable bonds is 4. The van der Waals surface area contributed by atoms with Crippen molar-refractivity contribution >= 4 is 37.5 Å². The minimum absolute atomic E-state index is 1.11. The highest BCUT2D eigenvalue weighted by atomic mass is 79.9. The van der Waals surface area contributed by atoms with Gasteiger partial charge in [0.2, 0.25) is 0 Å². The maximum Gasteiger partial charge on any atom is 0.0254 e. The molecule has 0 bridgehead atoms. The SMILES string of the molecule is Brc1ccc(-c2ccccc2)c2c3c(c(-c4ccccc4)cc12)-c1ccc(-c2ccccc2)c2c(-c4ccccc4)ccc-3c12. The summed E-state index contributed by atoms with van der Waals surface area (Å²) >= 11 is 3.98. The first-order chi connectivity index (χ1) is 22.3. The molecule has 0 saturated heterocycles. The molecule has 0 atom stereocenters. The summed E-state index contributed by atoms with van der Waals surface area (Å²) in [5, 5.41) is 5.15. The molecule has 1 heteroatoms. The van der Waals surface area contributed by atoms with E-state index in [2.05, 4.69) is 180 Å². The lowest BCUT2D eigenvalue weighted by Crippen LogP contribution is -1.91. The largest absolute Gasteiger partial charge is 0.0622 e. The summed E-state index contributed by atoms with van der Waals surface area (Å²) in [6, 6.07) is 59.7. The standard InChI is InChI=1S/C44H27Br/c45-39-26-25-34(30-17-9-3-10-18-30)41-38(39)27-37(31-19-11-4-12-20-31)43-35-23-21-32(28-13-5-1-6-14-28)40-33(29-15-7-2-8-16-29)22-24-36(42(35)40)44(41)43/h1-27H. The maximum atomic E-state index is 3.98. The maximum absolute atomic E-state index is 3.98. The second kappa shape index (κ2) is 10.4. The van der Waals surface area contributed by atoms with Crippen LogP contribution in [0.3, 0.4) is 0 Å². The van der Waals surface area contributed by atoms with Crippen molar-refractivity contribution in [2.75, 3.05) is 0 Å². The van der Waals surface area contributed by atoms with E-state index in [0.717, 1.165) is 4.47 Å². The second-order valence-corrected chi connectivity index (χ2v) is 12.6. The number of hydrogen-bond donors (Lipinski definition) is 0. The predicted octanol–water partition coefficient (Wildman–Crippen LogP) is 13.1. The topological polar surface area (TPSA) is 0 Å². The third-order valence-corrected chi connectivity index (χ3v) is 9.98. The van der Waals surface area contributed by atoms with E-state index in [1.165, 1.54) is 88.3 Å². The average Bonchev–Trinajstić information content (AvgIpc) is 3.45. The van der Waals surface area contributed by atoms with Crippen LogP contribution in [0.1, 0.15) is 0 Å². The molecule has 0 nitrogen and oxygen atoms in total. The van der Waals surface area contributed by atoms with Gasteiger partial charge in [0.15, 0.2) is 0 Å². The smallest absolute Gasteiger partial charge is 0.0254 e. The van der Waals surface area contributed by atoms with E-state index in [0.29, 0.717) is 0 Å². The summed E-state index contributed by atoms with van der Waals surface area (Å²) in [5.41, 5.74) is 15.2. The Bertz CT molecular complexity index is 2350. The van der Waals surface area contributed by atoms with Crippen LogP contribution >= 0.6 is 15.9 Å². The Balaban J connectivity index is 1.49. The van der Waals surface area contributed by atoms with Gasteiger partial charge in [-0.25, -0.2) is 0 Å². The lowest BCUT2D eigenvalue weighted by molar-refractivity contribution is 1.61. The molecule has 0 fully saturated rings. The van der Waals surface area contributed by atoms with E-state index in [4.69, 9.17) is 0 Å². The molecule has 0 heterocycles. The first-order valence-corrected chi connectivity index (χ1v) is 16.2. The van der Waals surface area contributed by atoms with Crippen LogP contribution in [0.15, 0.2) is 168 Å². The molecule has 0 aromatic heterocycles. The number of halogens is 1. The fraction of sp³-hybridized carbons (Fsp3) is 0. The quantitative estimate of drug-likeness (QED) is 0.181. The summed E-state index contributed by atoms with van der Waals surface area (Å²) in [5.74, 6) is 0. The van der Waals surface area contributed by atoms with Gasteiger partial charge in [0.05, 0.1) is 0 Å². The van der Waals surface area contributed by atoms with E-state index in [1.54, 1.807) is 0 Å². The summed E-state index contributed by atoms with van der Waals surface area (Å²) in [6.07, 6.45) is 0. The molecule has 45 heavy (non-hydrogen) atoms. The summed E-state index contributed by atoms with van der Waals surface area (Å²) in [7, 11) is 0. The Morgan fingerprint density at radius 1 is 0.289 bits per heavy atom. The van der Waals surface area contributed by atoms with Crippen LogP contribution in [0.25, 0.3) is 88.3 Å². The van der Waals surface area contributed by atoms with Crippen molar-refractivity contribution in [1.29, 1.82) is 0 Å². The van der Waals surface area contributed by atoms with Crippen molar-refractivity contribution in [2.45, 2.75) is 0 Å². The summed E-state index contributed by atoms with van der Waals surface area (Å²) < 4.78 is 1.11. The molecule has 1 aliphatic rings. The first-order valence-electron chi connectivity index (χ1n) is 15.4. The molecule has 0 N–H and O–H groups in total. The monoisotopic (exact) mass is 634 g/mol. The Morgan fingerprint density at radius 2 is 0.644 bits per heavy atom. The molecular weight excluding hydrogens is 608 g/mol. The Labute approximate surface area is 271 Å². The number of hydrogen-bond acceptors (Lipinski definition) is 0. The van der Waals surface area contributed by atoms with Crippen LogP contribution in [0.5, 0.6) is 0 Å². The lowest BCUT2D eigenvalue weighted by Gasteiger charge is -2.18. The van der Waals surface area contributed by atoms with Gasteiger partial charge in [-0.1, -0.05) is 168 Å². The first kappa shape index (κ1) is 26.2. The molecule has 210 valence electrons. The zero-order valence-corrected chi connectivity index (χ0v) is 26.1. The van der Waals surface area contributed by atoms with Gasteiger partial charge in [0, 0.05) is 4.47 Å². The number of fused-ring (bicyclic) bond motifs is 5. The molecule has 8 aromatic rings. The van der Waals surface area contributed by atoms with Gasteiger partial charge < -0.3 is 0 Å². The highest BCUT2D eigenvalue weighted by Gasteiger charge is 2.31. The molecule has 0 amide bonds. The molecule has 8 aromatic carbocycles. The van der Waals surface area contributed by atoms with Gasteiger partial charge in [-0.2, -0.15) is 0 Å². The Kier molecular flexibility index (Phi) is 6.07. The van der Waals surface area contributed by atoms with Gasteiger partial charge in [-0.3, -0.25) is 0 Å². The third kappa shape index (κ3) is 4.05. The summed E-state index contributed by atoms with van der Waals surface area (Å²) in [6.45, 7) is 0. The Morgan fingerprint density at radius 3 is 1.13 bits per heavy atom. The van der Waals surface area contributed by atoms with Crippen molar-refractivity contribution in [3.05, 3.63) is 168 Å². The minimum Gasteiger partial charge on any atom is -0.0622 e. The van der Waals surface area contributed by atoms with Crippen LogP contribution < -0.4 is 0 Å². The van der Waals surface area contributed by atoms with Crippen LogP contribution in [-0.4, -0.2) is 0 Å². The lowest BCUT2D eigenvalue weighted by atomic mass is 9.86. The average molecular weight is 636 g/mol. The highest BCUT2D eigenvalue weighted by Crippen LogP contribution is 2.58. The van der Waals surface area contributed by atoms with Crippen molar-refractivity contribution < 1.29 is 0 Å². The highest BCUT2D eigenvalue weighted by molar-refractivity contribution is 9.10. The molecule has 9 rings (SSSR count). The Hall–Kier alpha value is -5.24. The van der Waals surface area contributed by atoms with Crippen LogP contribution in [0.2, 0.25) is 0 Å². The van der Waals surface area contributed by atoms with E-state index in [-0.39, 0.29) is 0 Å².